The average Bonchev–Trinajstić information content (AvgIpc) is 3.36. The van der Waals surface area contributed by atoms with Crippen LogP contribution in [0, 0.1) is 23.7 Å². The zero-order valence-electron chi connectivity index (χ0n) is 32.6. The Morgan fingerprint density at radius 2 is 1.66 bits per heavy atom. The van der Waals surface area contributed by atoms with Gasteiger partial charge < -0.3 is 58.5 Å². The standard InChI is InChI=1S/C37H67NO12/c1-14-25(39)37(10,43)32-20(4)28-18(2)16-36(9,50-28)31(49-34-27(40)24(38(11)12)15-19(3)45-34)21(5)29(22(6)33(42)48-32)47-26-17-35(8,44-13)30(41)23(7)46-26/h18-32,34,39-41,43H,14-17H2,1-13H3/t18?,19?,20-,21-,22+,23?,24?,25+,26?,27?,28?,29+,30?,31+,32+,34?,35?,36?,37+/m0/s1. The largest absolute Gasteiger partial charge is 0.459 e. The highest BCUT2D eigenvalue weighted by Crippen LogP contribution is 2.48. The van der Waals surface area contributed by atoms with E-state index in [2.05, 4.69) is 6.92 Å². The second-order valence-corrected chi connectivity index (χ2v) is 16.8. The number of carbonyl (C=O) groups is 1. The SMILES string of the molecule is CC[C@@H](O)[C@@](C)(O)[C@@H]1OC(=O)[C@H](C)[C@H](OC2CC(C)(OC)C(O)C(C)O2)[C@H](C)[C@@H](OC2OC(C)CC(N(C)C)C2O)C2(C)CC(C)C(O2)[C@@H]1C. The average molecular weight is 718 g/mol. The topological polar surface area (TPSA) is 166 Å². The molecular weight excluding hydrogens is 650 g/mol. The first-order valence-corrected chi connectivity index (χ1v) is 18.6. The summed E-state index contributed by atoms with van der Waals surface area (Å²) in [4.78, 5) is 16.3. The van der Waals surface area contributed by atoms with Gasteiger partial charge >= 0.3 is 5.97 Å². The molecule has 0 spiro atoms. The van der Waals surface area contributed by atoms with Crippen LogP contribution in [0.15, 0.2) is 0 Å². The smallest absolute Gasteiger partial charge is 0.311 e. The molecule has 4 aliphatic rings. The Balaban J connectivity index is 1.82. The number of aliphatic hydroxyl groups excluding tert-OH is 3. The van der Waals surface area contributed by atoms with Gasteiger partial charge in [0, 0.05) is 31.4 Å². The fourth-order valence-electron chi connectivity index (χ4n) is 9.20. The molecular formula is C37H67NO12. The van der Waals surface area contributed by atoms with Crippen LogP contribution in [0.2, 0.25) is 0 Å². The number of rotatable bonds is 9. The van der Waals surface area contributed by atoms with E-state index in [1.54, 1.807) is 27.7 Å². The van der Waals surface area contributed by atoms with Crippen molar-refractivity contribution in [3.05, 3.63) is 0 Å². The summed E-state index contributed by atoms with van der Waals surface area (Å²) in [5.41, 5.74) is -3.72. The predicted molar refractivity (Wildman–Crippen MR) is 184 cm³/mol. The minimum atomic E-state index is -1.78. The van der Waals surface area contributed by atoms with Gasteiger partial charge in [0.2, 0.25) is 0 Å². The Bertz CT molecular complexity index is 1140. The number of ether oxygens (including phenoxy) is 7. The van der Waals surface area contributed by atoms with E-state index in [0.717, 1.165) is 0 Å². The zero-order chi connectivity index (χ0) is 37.7. The maximum atomic E-state index is 14.3. The molecule has 0 amide bonds. The maximum Gasteiger partial charge on any atom is 0.311 e. The Kier molecular flexibility index (Phi) is 13.2. The Morgan fingerprint density at radius 3 is 2.24 bits per heavy atom. The number of likely N-dealkylation sites (N-methyl/N-ethyl adjacent to an activating group) is 1. The number of hydrogen-bond acceptors (Lipinski definition) is 13. The van der Waals surface area contributed by atoms with E-state index >= 15 is 0 Å². The third-order valence-corrected chi connectivity index (χ3v) is 12.4. The lowest BCUT2D eigenvalue weighted by molar-refractivity contribution is -0.318. The summed E-state index contributed by atoms with van der Waals surface area (Å²) in [5, 5.41) is 45.2. The van der Waals surface area contributed by atoms with Crippen molar-refractivity contribution < 1.29 is 58.4 Å². The van der Waals surface area contributed by atoms with Crippen LogP contribution in [0.3, 0.4) is 0 Å². The van der Waals surface area contributed by atoms with Crippen molar-refractivity contribution >= 4 is 5.97 Å². The van der Waals surface area contributed by atoms with Gasteiger partial charge in [-0.15, -0.1) is 0 Å². The molecule has 13 heteroatoms. The first kappa shape index (κ1) is 41.8. The molecule has 4 heterocycles. The maximum absolute atomic E-state index is 14.3. The summed E-state index contributed by atoms with van der Waals surface area (Å²) in [6, 6.07) is -0.213. The van der Waals surface area contributed by atoms with Gasteiger partial charge in [-0.3, -0.25) is 4.79 Å². The normalized spacial score (nSPS) is 49.6. The number of cyclic esters (lactones) is 1. The van der Waals surface area contributed by atoms with Crippen LogP contribution in [0.4, 0.5) is 0 Å². The lowest BCUT2D eigenvalue weighted by Crippen LogP contribution is -2.60. The number of hydrogen-bond donors (Lipinski definition) is 4. The summed E-state index contributed by atoms with van der Waals surface area (Å²) < 4.78 is 45.1. The lowest BCUT2D eigenvalue weighted by atomic mass is 9.76. The molecule has 50 heavy (non-hydrogen) atoms. The van der Waals surface area contributed by atoms with Crippen molar-refractivity contribution in [1.82, 2.24) is 4.90 Å². The van der Waals surface area contributed by atoms with Crippen LogP contribution in [0.25, 0.3) is 0 Å². The number of nitrogens with zero attached hydrogens (tertiary/aromatic N) is 1. The van der Waals surface area contributed by atoms with E-state index in [0.29, 0.717) is 12.8 Å². The number of methoxy groups -OCH3 is 1. The number of aliphatic hydroxyl groups is 4. The molecule has 4 saturated heterocycles. The summed E-state index contributed by atoms with van der Waals surface area (Å²) in [5.74, 6) is -2.67. The van der Waals surface area contributed by atoms with E-state index in [1.165, 1.54) is 14.0 Å². The van der Waals surface area contributed by atoms with Crippen molar-refractivity contribution in [2.45, 2.75) is 185 Å². The van der Waals surface area contributed by atoms with Gasteiger partial charge in [-0.25, -0.2) is 0 Å². The molecule has 0 aromatic heterocycles. The van der Waals surface area contributed by atoms with E-state index in [4.69, 9.17) is 33.2 Å². The Labute approximate surface area is 299 Å². The first-order chi connectivity index (χ1) is 23.1. The molecule has 292 valence electrons. The minimum absolute atomic E-state index is 0.0580. The highest BCUT2D eigenvalue weighted by Gasteiger charge is 2.59. The van der Waals surface area contributed by atoms with E-state index in [9.17, 15) is 25.2 Å². The molecule has 13 nitrogen and oxygen atoms in total. The summed E-state index contributed by atoms with van der Waals surface area (Å²) in [6.07, 6.45) is -7.36. The molecule has 4 rings (SSSR count). The van der Waals surface area contributed by atoms with Crippen molar-refractivity contribution in [2.75, 3.05) is 21.2 Å². The van der Waals surface area contributed by atoms with Crippen LogP contribution in [0.5, 0.6) is 0 Å². The van der Waals surface area contributed by atoms with Gasteiger partial charge in [-0.2, -0.15) is 0 Å². The molecule has 19 atom stereocenters. The van der Waals surface area contributed by atoms with Crippen molar-refractivity contribution in [1.29, 1.82) is 0 Å². The van der Waals surface area contributed by atoms with Gasteiger partial charge in [-0.1, -0.05) is 27.7 Å². The molecule has 0 saturated carbocycles. The van der Waals surface area contributed by atoms with Crippen LogP contribution < -0.4 is 0 Å². The lowest BCUT2D eigenvalue weighted by Gasteiger charge is -2.48. The predicted octanol–water partition coefficient (Wildman–Crippen LogP) is 2.62. The molecule has 2 bridgehead atoms. The van der Waals surface area contributed by atoms with Crippen LogP contribution >= 0.6 is 0 Å². The van der Waals surface area contributed by atoms with Crippen molar-refractivity contribution in [2.24, 2.45) is 23.7 Å². The van der Waals surface area contributed by atoms with Crippen molar-refractivity contribution in [3.8, 4) is 0 Å². The summed E-state index contributed by atoms with van der Waals surface area (Å²) in [6.45, 7) is 18.3. The molecule has 0 aliphatic carbocycles. The fraction of sp³-hybridized carbons (Fsp3) is 0.973. The quantitative estimate of drug-likeness (QED) is 0.258. The minimum Gasteiger partial charge on any atom is -0.459 e. The van der Waals surface area contributed by atoms with Gasteiger partial charge in [0.15, 0.2) is 12.6 Å². The van der Waals surface area contributed by atoms with Crippen LogP contribution in [0.1, 0.15) is 94.9 Å². The first-order valence-electron chi connectivity index (χ1n) is 18.6. The molecule has 11 unspecified atom stereocenters. The van der Waals surface area contributed by atoms with Gasteiger partial charge in [-0.05, 0) is 80.8 Å². The molecule has 0 radical (unpaired) electrons. The number of esters is 1. The Morgan fingerprint density at radius 1 is 1.02 bits per heavy atom. The molecule has 0 aromatic rings. The second kappa shape index (κ2) is 15.8. The Hall–Kier alpha value is -0.970. The number of carbonyl (C=O) groups excluding carboxylic acids is 1. The fourth-order valence-corrected chi connectivity index (χ4v) is 9.20. The van der Waals surface area contributed by atoms with Crippen molar-refractivity contribution in [3.63, 3.8) is 0 Å². The van der Waals surface area contributed by atoms with Crippen LogP contribution in [-0.4, -0.2) is 143 Å². The van der Waals surface area contributed by atoms with Gasteiger partial charge in [0.05, 0.1) is 53.7 Å². The summed E-state index contributed by atoms with van der Waals surface area (Å²) in [7, 11) is 5.37. The molecule has 4 N–H and O–H groups in total. The van der Waals surface area contributed by atoms with Crippen LogP contribution in [-0.2, 0) is 38.0 Å². The third kappa shape index (κ3) is 8.08. The monoisotopic (exact) mass is 717 g/mol. The zero-order valence-corrected chi connectivity index (χ0v) is 32.6. The highest BCUT2D eigenvalue weighted by atomic mass is 16.7. The van der Waals surface area contributed by atoms with Gasteiger partial charge in [0.1, 0.15) is 23.9 Å². The highest BCUT2D eigenvalue weighted by molar-refractivity contribution is 5.73. The third-order valence-electron chi connectivity index (χ3n) is 12.4. The second-order valence-electron chi connectivity index (χ2n) is 16.8. The van der Waals surface area contributed by atoms with E-state index in [-0.39, 0.29) is 30.9 Å². The van der Waals surface area contributed by atoms with Gasteiger partial charge in [0.25, 0.3) is 0 Å². The number of fused-ring (bicyclic) bond motifs is 2. The molecule has 0 aromatic carbocycles. The molecule has 4 fully saturated rings. The van der Waals surface area contributed by atoms with E-state index < -0.39 is 102 Å². The molecule has 4 aliphatic heterocycles. The summed E-state index contributed by atoms with van der Waals surface area (Å²) >= 11 is 0. The van der Waals surface area contributed by atoms with E-state index in [1.807, 2.05) is 46.7 Å².